The van der Waals surface area contributed by atoms with Gasteiger partial charge in [-0.25, -0.2) is 4.79 Å². The molecule has 8 unspecified atom stereocenters. The summed E-state index contributed by atoms with van der Waals surface area (Å²) in [6.45, 7) is 14.9. The Bertz CT molecular complexity index is 4680. The number of amides is 7. The number of benzene rings is 7. The highest BCUT2D eigenvalue weighted by molar-refractivity contribution is 6.74. The van der Waals surface area contributed by atoms with E-state index in [0.29, 0.717) is 33.6 Å². The third kappa shape index (κ3) is 18.0. The zero-order chi connectivity index (χ0) is 79.3. The lowest BCUT2D eigenvalue weighted by molar-refractivity contribution is -0.136. The van der Waals surface area contributed by atoms with E-state index in [2.05, 4.69) is 37.2 Å². The maximum absolute atomic E-state index is 16.7. The molecule has 0 aromatic heterocycles. The fraction of sp³-hybridized carbons (Fsp3) is 0.380. The predicted molar refractivity (Wildman–Crippen MR) is 407 cm³/mol. The van der Waals surface area contributed by atoms with Crippen molar-refractivity contribution in [1.29, 1.82) is 0 Å². The van der Waals surface area contributed by atoms with Crippen molar-refractivity contribution < 1.29 is 99.6 Å². The van der Waals surface area contributed by atoms with Crippen molar-refractivity contribution in [3.05, 3.63) is 164 Å². The number of nitrogens with one attached hydrogen (secondary N) is 7. The molecule has 7 aromatic rings. The Morgan fingerprint density at radius 1 is 0.518 bits per heavy atom. The van der Waals surface area contributed by atoms with Crippen molar-refractivity contribution in [2.45, 2.75) is 120 Å². The molecule has 0 radical (unpaired) electrons. The Hall–Kier alpha value is -10.5. The lowest BCUT2D eigenvalue weighted by Gasteiger charge is -2.42. The largest absolute Gasteiger partial charge is 0.497 e. The van der Waals surface area contributed by atoms with Crippen LogP contribution in [0.2, 0.25) is 28.2 Å². The van der Waals surface area contributed by atoms with Crippen LogP contribution in [0.4, 0.5) is 4.79 Å². The number of ether oxygens (including phenoxy) is 13. The first-order valence-corrected chi connectivity index (χ1v) is 38.8. The Labute approximate surface area is 647 Å². The summed E-state index contributed by atoms with van der Waals surface area (Å²) >= 11 is 14.7. The van der Waals surface area contributed by atoms with Crippen molar-refractivity contribution in [2.75, 3.05) is 76.4 Å². The second-order valence-corrected chi connectivity index (χ2v) is 34.4. The van der Waals surface area contributed by atoms with Crippen molar-refractivity contribution in [3.8, 4) is 80.1 Å². The van der Waals surface area contributed by atoms with E-state index >= 15 is 28.8 Å². The molecule has 0 saturated heterocycles. The molecule has 7 amide bonds. The maximum Gasteiger partial charge on any atom is 0.408 e. The minimum atomic E-state index is -3.09. The number of fused-ring (bicyclic) bond motifs is 14. The first-order chi connectivity index (χ1) is 52.3. The molecule has 7 aromatic carbocycles. The molecule has 0 saturated carbocycles. The Kier molecular flexibility index (Phi) is 24.7. The average molecular weight is 1570 g/mol. The van der Waals surface area contributed by atoms with Crippen molar-refractivity contribution in [2.24, 2.45) is 0 Å². The molecule has 28 nitrogen and oxygen atoms in total. The van der Waals surface area contributed by atoms with Gasteiger partial charge in [0.1, 0.15) is 88.9 Å². The number of hydrogen-bond donors (Lipinski definition) is 7. The second kappa shape index (κ2) is 33.8. The summed E-state index contributed by atoms with van der Waals surface area (Å²) in [5.41, 5.74) is 0.788. The van der Waals surface area contributed by atoms with Crippen LogP contribution in [-0.4, -0.2) is 144 Å². The number of halogens is 2. The van der Waals surface area contributed by atoms with E-state index in [9.17, 15) is 4.79 Å². The highest BCUT2D eigenvalue weighted by Crippen LogP contribution is 2.50. The van der Waals surface area contributed by atoms with Gasteiger partial charge in [0.05, 0.1) is 84.7 Å². The topological polar surface area (TPSA) is 333 Å². The smallest absolute Gasteiger partial charge is 0.408 e. The number of alkyl carbamates (subject to hydrolysis) is 1. The Balaban J connectivity index is 1.17. The number of methoxy groups -OCH3 is 7. The number of carbonyl (C=O) groups is 7. The van der Waals surface area contributed by atoms with Crippen LogP contribution in [0.3, 0.4) is 0 Å². The summed E-state index contributed by atoms with van der Waals surface area (Å²) in [4.78, 5) is 110. The van der Waals surface area contributed by atoms with E-state index in [1.54, 1.807) is 69.3 Å². The normalized spacial score (nSPS) is 20.0. The Morgan fingerprint density at radius 3 is 1.73 bits per heavy atom. The van der Waals surface area contributed by atoms with Crippen LogP contribution in [0, 0.1) is 0 Å². The zero-order valence-corrected chi connectivity index (χ0v) is 66.0. The molecule has 8 atom stereocenters. The van der Waals surface area contributed by atoms with Crippen molar-refractivity contribution in [1.82, 2.24) is 37.2 Å². The first kappa shape index (κ1) is 80.5. The van der Waals surface area contributed by atoms with Crippen LogP contribution in [-0.2, 0) is 58.6 Å². The van der Waals surface area contributed by atoms with Gasteiger partial charge in [-0.1, -0.05) is 68.2 Å². The van der Waals surface area contributed by atoms with Gasteiger partial charge in [-0.3, -0.25) is 28.8 Å². The Morgan fingerprint density at radius 2 is 1.11 bits per heavy atom. The standard InChI is InChI=1S/C79H89Cl2N7O21Si/c1-78(2,3)108-77(95)88-65-42-18-23-58(100-11)59(32-42)105-48-29-44(28-46(35-48)97-8)66-74(92)86-67-45-33-61(106-56-20-16-40(26-51(56)80)27-53(71(89)84-66)82-72(65)90)70(102-13)62(34-45)107-57-22-19-43(31-52(57)81)69(109-110(14,15)79(4,5)6)68-76(94)83-54(38-104-39-103-25-24-96-7)49-36-47(98-9)37-60(101-12)63(49)50-30-41(17-21-55(50)99-10)64(73(91)87-68)85-75(67)93/h16-23,26,28-37,53-54,64-69H,24-25,27,38-39H2,1-15H3,(H,82,90)(H,83,94)(H,84,89)(H,85,93)(H,86,92)(H,87,91)(H,88,95). The quantitative estimate of drug-likeness (QED) is 0.0268. The number of carbonyl (C=O) groups excluding carboxylic acids is 7. The highest BCUT2D eigenvalue weighted by atomic mass is 35.5. The minimum absolute atomic E-state index is 0.0000375. The van der Waals surface area contributed by atoms with Crippen molar-refractivity contribution >= 4 is 73.1 Å². The van der Waals surface area contributed by atoms with Gasteiger partial charge >= 0.3 is 6.09 Å². The molecular formula is C79H89Cl2N7O21Si. The summed E-state index contributed by atoms with van der Waals surface area (Å²) in [6, 6.07) is 17.3. The number of hydrogen-bond acceptors (Lipinski definition) is 21. The van der Waals surface area contributed by atoms with Crippen LogP contribution >= 0.6 is 23.2 Å². The van der Waals surface area contributed by atoms with E-state index in [4.69, 9.17) is 89.2 Å². The van der Waals surface area contributed by atoms with Crippen LogP contribution in [0.1, 0.15) is 117 Å². The molecule has 17 bridgehead atoms. The highest BCUT2D eigenvalue weighted by Gasteiger charge is 2.46. The molecule has 584 valence electrons. The summed E-state index contributed by atoms with van der Waals surface area (Å²) in [7, 11) is 6.90. The fourth-order valence-electron chi connectivity index (χ4n) is 12.7. The van der Waals surface area contributed by atoms with Crippen molar-refractivity contribution in [3.63, 3.8) is 0 Å². The summed E-state index contributed by atoms with van der Waals surface area (Å²) in [6.07, 6.45) is -2.69. The molecular weight excluding hydrogens is 1480 g/mol. The molecule has 6 aliphatic rings. The van der Waals surface area contributed by atoms with Crippen LogP contribution in [0.15, 0.2) is 115 Å². The predicted octanol–water partition coefficient (Wildman–Crippen LogP) is 12.0. The molecule has 0 spiro atoms. The summed E-state index contributed by atoms with van der Waals surface area (Å²) in [5.74, 6) is -5.19. The zero-order valence-electron chi connectivity index (χ0n) is 63.5. The second-order valence-electron chi connectivity index (χ2n) is 28.8. The van der Waals surface area contributed by atoms with Gasteiger partial charge in [0.15, 0.2) is 31.3 Å². The minimum Gasteiger partial charge on any atom is -0.497 e. The van der Waals surface area contributed by atoms with Gasteiger partial charge in [0.25, 0.3) is 0 Å². The summed E-state index contributed by atoms with van der Waals surface area (Å²) < 4.78 is 86.2. The molecule has 0 fully saturated rings. The molecule has 31 heteroatoms. The SMILES string of the molecule is COCCOCOCC1NC(=O)C2NC(=O)C(NC(=O)C3NC(=O)C4NC(=O)C(Cc5ccc(c(Cl)c5)Oc5cc3cc(c5OC)Oc3ccc(cc3Cl)C2O[Si](C)(C)C(C)(C)C)NC(=O)C(NC(=O)OC(C)(C)C)c2ccc(OC)c(c2)Oc2cc(OC)cc4c2)c2ccc(OC)c(c2)-c2c(OC)cc(OC)cc21. The van der Waals surface area contributed by atoms with E-state index < -0.39 is 109 Å². The van der Waals surface area contributed by atoms with Gasteiger partial charge in [0.2, 0.25) is 41.2 Å². The molecule has 0 aliphatic carbocycles. The third-order valence-corrected chi connectivity index (χ3v) is 24.3. The van der Waals surface area contributed by atoms with Gasteiger partial charge in [-0.2, -0.15) is 0 Å². The maximum atomic E-state index is 16.7. The average Bonchev–Trinajstić information content (AvgIpc) is 0.763. The van der Waals surface area contributed by atoms with E-state index in [1.165, 1.54) is 116 Å². The van der Waals surface area contributed by atoms with Gasteiger partial charge in [0, 0.05) is 36.8 Å². The summed E-state index contributed by atoms with van der Waals surface area (Å²) in [5, 5.41) is 19.8. The fourth-order valence-corrected chi connectivity index (χ4v) is 14.4. The molecule has 110 heavy (non-hydrogen) atoms. The lowest BCUT2D eigenvalue weighted by atomic mass is 9.89. The molecule has 6 heterocycles. The third-order valence-electron chi connectivity index (χ3n) is 19.2. The van der Waals surface area contributed by atoms with Crippen LogP contribution in [0.5, 0.6) is 69.0 Å². The molecule has 6 aliphatic heterocycles. The van der Waals surface area contributed by atoms with Crippen LogP contribution in [0.25, 0.3) is 11.1 Å². The first-order valence-electron chi connectivity index (χ1n) is 35.1. The number of rotatable bonds is 16. The van der Waals surface area contributed by atoms with Gasteiger partial charge < -0.3 is 103 Å². The van der Waals surface area contributed by atoms with E-state index in [-0.39, 0.29) is 129 Å². The van der Waals surface area contributed by atoms with E-state index in [0.717, 1.165) is 0 Å². The van der Waals surface area contributed by atoms with E-state index in [1.807, 2.05) is 33.9 Å². The molecule has 13 rings (SSSR count). The van der Waals surface area contributed by atoms with Gasteiger partial charge in [-0.05, 0) is 157 Å². The monoisotopic (exact) mass is 1570 g/mol. The van der Waals surface area contributed by atoms with Crippen LogP contribution < -0.4 is 79.8 Å². The molecule has 7 N–H and O–H groups in total. The van der Waals surface area contributed by atoms with Gasteiger partial charge in [-0.15, -0.1) is 0 Å². The lowest BCUT2D eigenvalue weighted by Crippen LogP contribution is -2.57.